The number of likely N-dealkylation sites (tertiary alicyclic amines) is 1. The van der Waals surface area contributed by atoms with Crippen molar-refractivity contribution < 1.29 is 9.59 Å². The molecule has 0 spiro atoms. The molecule has 152 valence electrons. The number of carbonyl (C=O) groups excluding carboxylic acids is 2. The number of allylic oxidation sites excluding steroid dienone is 1. The lowest BCUT2D eigenvalue weighted by Crippen LogP contribution is -2.27. The quantitative estimate of drug-likeness (QED) is 0.802. The van der Waals surface area contributed by atoms with E-state index < -0.39 is 0 Å². The Bertz CT molecular complexity index is 1040. The number of rotatable bonds is 3. The molecule has 2 aromatic rings. The van der Waals surface area contributed by atoms with Gasteiger partial charge >= 0.3 is 0 Å². The van der Waals surface area contributed by atoms with Gasteiger partial charge in [-0.15, -0.1) is 0 Å². The molecule has 0 radical (unpaired) electrons. The van der Waals surface area contributed by atoms with E-state index in [4.69, 9.17) is 0 Å². The highest BCUT2D eigenvalue weighted by Gasteiger charge is 2.37. The Balaban J connectivity index is 1.23. The summed E-state index contributed by atoms with van der Waals surface area (Å²) in [5.41, 5.74) is 4.53. The highest BCUT2D eigenvalue weighted by atomic mass is 16.2. The average Bonchev–Trinajstić information content (AvgIpc) is 3.28. The molecule has 4 heterocycles. The van der Waals surface area contributed by atoms with Crippen LogP contribution in [0.3, 0.4) is 0 Å². The van der Waals surface area contributed by atoms with E-state index in [1.165, 1.54) is 11.1 Å². The van der Waals surface area contributed by atoms with Crippen LogP contribution in [-0.2, 0) is 16.0 Å². The van der Waals surface area contributed by atoms with Gasteiger partial charge in [-0.25, -0.2) is 4.98 Å². The molecule has 2 aliphatic heterocycles. The predicted molar refractivity (Wildman–Crippen MR) is 115 cm³/mol. The first-order valence-corrected chi connectivity index (χ1v) is 10.5. The molecule has 1 aliphatic carbocycles. The molecule has 0 bridgehead atoms. The Hall–Kier alpha value is -3.28. The smallest absolute Gasteiger partial charge is 0.246 e. The van der Waals surface area contributed by atoms with E-state index in [1.807, 2.05) is 29.4 Å². The molecular weight excluding hydrogens is 376 g/mol. The summed E-state index contributed by atoms with van der Waals surface area (Å²) >= 11 is 0. The number of hydrogen-bond donors (Lipinski definition) is 1. The molecule has 1 fully saturated rings. The van der Waals surface area contributed by atoms with E-state index in [0.29, 0.717) is 24.1 Å². The summed E-state index contributed by atoms with van der Waals surface area (Å²) in [6.45, 7) is 1.57. The van der Waals surface area contributed by atoms with Crippen LogP contribution in [-0.4, -0.2) is 39.8 Å². The molecule has 0 aromatic carbocycles. The van der Waals surface area contributed by atoms with E-state index in [0.717, 1.165) is 43.5 Å². The topological polar surface area (TPSA) is 75.2 Å². The number of pyridine rings is 2. The van der Waals surface area contributed by atoms with E-state index >= 15 is 0 Å². The minimum atomic E-state index is 0.0143. The number of aryl methyl sites for hydroxylation is 1. The van der Waals surface area contributed by atoms with E-state index in [-0.39, 0.29) is 11.8 Å². The normalized spacial score (nSPS) is 23.0. The van der Waals surface area contributed by atoms with Gasteiger partial charge in [0, 0.05) is 44.2 Å². The molecule has 5 rings (SSSR count). The van der Waals surface area contributed by atoms with Crippen LogP contribution in [0.2, 0.25) is 0 Å². The summed E-state index contributed by atoms with van der Waals surface area (Å²) < 4.78 is 0. The Morgan fingerprint density at radius 1 is 1.20 bits per heavy atom. The van der Waals surface area contributed by atoms with E-state index in [9.17, 15) is 9.59 Å². The van der Waals surface area contributed by atoms with Crippen molar-refractivity contribution in [1.82, 2.24) is 14.9 Å². The predicted octanol–water partition coefficient (Wildman–Crippen LogP) is 3.33. The second kappa shape index (κ2) is 7.86. The van der Waals surface area contributed by atoms with E-state index in [2.05, 4.69) is 33.5 Å². The van der Waals surface area contributed by atoms with Crippen molar-refractivity contribution >= 4 is 29.3 Å². The molecule has 6 nitrogen and oxygen atoms in total. The monoisotopic (exact) mass is 400 g/mol. The maximum absolute atomic E-state index is 12.7. The van der Waals surface area contributed by atoms with E-state index in [1.54, 1.807) is 12.3 Å². The standard InChI is InChI=1S/C24H24N4O2/c29-22-3-1-2-18-10-16(13-26-24(18)27-22)4-5-23(30)28-14-20-11-19(12-21(20)15-28)17-6-8-25-9-7-17/h4-11,13,20-21H,1-3,12,14-15H2,(H,26,27,29)/b5-4+. The second-order valence-electron chi connectivity index (χ2n) is 8.31. The lowest BCUT2D eigenvalue weighted by molar-refractivity contribution is -0.125. The van der Waals surface area contributed by atoms with Crippen LogP contribution in [0.15, 0.2) is 48.9 Å². The van der Waals surface area contributed by atoms with Crippen molar-refractivity contribution in [3.05, 3.63) is 65.6 Å². The maximum Gasteiger partial charge on any atom is 0.246 e. The molecule has 0 saturated carbocycles. The third-order valence-electron chi connectivity index (χ3n) is 6.27. The van der Waals surface area contributed by atoms with Crippen LogP contribution >= 0.6 is 0 Å². The summed E-state index contributed by atoms with van der Waals surface area (Å²) in [7, 11) is 0. The van der Waals surface area contributed by atoms with Gasteiger partial charge in [-0.1, -0.05) is 6.08 Å². The van der Waals surface area contributed by atoms with Crippen molar-refractivity contribution in [3.63, 3.8) is 0 Å². The lowest BCUT2D eigenvalue weighted by Gasteiger charge is -2.15. The molecule has 2 amide bonds. The Kier molecular flexibility index (Phi) is 4.91. The molecule has 1 saturated heterocycles. The number of amides is 2. The van der Waals surface area contributed by atoms with Crippen LogP contribution < -0.4 is 5.32 Å². The first-order chi connectivity index (χ1) is 14.7. The fourth-order valence-electron chi connectivity index (χ4n) is 4.70. The first kappa shape index (κ1) is 18.7. The van der Waals surface area contributed by atoms with Gasteiger partial charge in [-0.05, 0) is 77.6 Å². The number of anilines is 1. The average molecular weight is 400 g/mol. The fourth-order valence-corrected chi connectivity index (χ4v) is 4.70. The molecule has 1 N–H and O–H groups in total. The number of nitrogens with one attached hydrogen (secondary N) is 1. The Morgan fingerprint density at radius 3 is 2.90 bits per heavy atom. The third-order valence-corrected chi connectivity index (χ3v) is 6.27. The summed E-state index contributed by atoms with van der Waals surface area (Å²) in [4.78, 5) is 34.8. The molecule has 2 atom stereocenters. The van der Waals surface area contributed by atoms with Crippen molar-refractivity contribution in [1.29, 1.82) is 0 Å². The van der Waals surface area contributed by atoms with Gasteiger partial charge in [-0.2, -0.15) is 0 Å². The largest absolute Gasteiger partial charge is 0.338 e. The molecule has 2 aromatic heterocycles. The van der Waals surface area contributed by atoms with Gasteiger partial charge in [0.1, 0.15) is 5.82 Å². The first-order valence-electron chi connectivity index (χ1n) is 10.5. The number of hydrogen-bond acceptors (Lipinski definition) is 4. The molecule has 30 heavy (non-hydrogen) atoms. The highest BCUT2D eigenvalue weighted by molar-refractivity contribution is 5.93. The van der Waals surface area contributed by atoms with Crippen molar-refractivity contribution in [2.24, 2.45) is 11.8 Å². The zero-order chi connectivity index (χ0) is 20.5. The molecular formula is C24H24N4O2. The van der Waals surface area contributed by atoms with Gasteiger partial charge < -0.3 is 10.2 Å². The van der Waals surface area contributed by atoms with Gasteiger partial charge in [0.15, 0.2) is 0 Å². The summed E-state index contributed by atoms with van der Waals surface area (Å²) in [5, 5.41) is 2.84. The van der Waals surface area contributed by atoms with Gasteiger partial charge in [0.25, 0.3) is 0 Å². The third kappa shape index (κ3) is 3.77. The molecule has 6 heteroatoms. The van der Waals surface area contributed by atoms with Crippen molar-refractivity contribution in [2.75, 3.05) is 18.4 Å². The summed E-state index contributed by atoms with van der Waals surface area (Å²) in [6.07, 6.45) is 14.3. The van der Waals surface area contributed by atoms with Crippen molar-refractivity contribution in [2.45, 2.75) is 25.7 Å². The number of carbonyl (C=O) groups is 2. The Morgan fingerprint density at radius 2 is 2.07 bits per heavy atom. The number of nitrogens with zero attached hydrogens (tertiary/aromatic N) is 3. The minimum Gasteiger partial charge on any atom is -0.338 e. The lowest BCUT2D eigenvalue weighted by atomic mass is 9.99. The summed E-state index contributed by atoms with van der Waals surface area (Å²) in [5.74, 6) is 1.64. The van der Waals surface area contributed by atoms with Crippen LogP contribution in [0.5, 0.6) is 0 Å². The zero-order valence-corrected chi connectivity index (χ0v) is 16.8. The van der Waals surface area contributed by atoms with Gasteiger partial charge in [0.05, 0.1) is 0 Å². The maximum atomic E-state index is 12.7. The molecule has 2 unspecified atom stereocenters. The highest BCUT2D eigenvalue weighted by Crippen LogP contribution is 2.40. The Labute approximate surface area is 175 Å². The SMILES string of the molecule is O=C1CCCc2cc(/C=C/C(=O)N3CC4C=C(c5ccncc5)CC4C3)cnc2N1. The zero-order valence-electron chi connectivity index (χ0n) is 16.8. The van der Waals surface area contributed by atoms with Crippen molar-refractivity contribution in [3.8, 4) is 0 Å². The molecule has 3 aliphatic rings. The van der Waals surface area contributed by atoms with Gasteiger partial charge in [-0.3, -0.25) is 14.6 Å². The van der Waals surface area contributed by atoms with Crippen LogP contribution in [0, 0.1) is 11.8 Å². The minimum absolute atomic E-state index is 0.0143. The summed E-state index contributed by atoms with van der Waals surface area (Å²) in [6, 6.07) is 6.12. The fraction of sp³-hybridized carbons (Fsp3) is 0.333. The van der Waals surface area contributed by atoms with Crippen LogP contribution in [0.4, 0.5) is 5.82 Å². The number of aromatic nitrogens is 2. The number of fused-ring (bicyclic) bond motifs is 2. The van der Waals surface area contributed by atoms with Gasteiger partial charge in [0.2, 0.25) is 11.8 Å². The van der Waals surface area contributed by atoms with Crippen LogP contribution in [0.25, 0.3) is 11.6 Å². The second-order valence-corrected chi connectivity index (χ2v) is 8.31. The van der Waals surface area contributed by atoms with Crippen LogP contribution in [0.1, 0.15) is 36.0 Å².